The number of benzene rings is 2. The minimum Gasteiger partial charge on any atom is -0.304 e. The number of hydrogen-bond acceptors (Lipinski definition) is 4. The maximum atomic E-state index is 14.0. The predicted molar refractivity (Wildman–Crippen MR) is 132 cm³/mol. The van der Waals surface area contributed by atoms with Crippen LogP contribution >= 0.6 is 24.8 Å². The van der Waals surface area contributed by atoms with Crippen molar-refractivity contribution in [1.29, 1.82) is 0 Å². The summed E-state index contributed by atoms with van der Waals surface area (Å²) >= 11 is 0. The molecule has 3 aromatic rings. The summed E-state index contributed by atoms with van der Waals surface area (Å²) in [7, 11) is -1.69. The van der Waals surface area contributed by atoms with Gasteiger partial charge in [0.2, 0.25) is 0 Å². The van der Waals surface area contributed by atoms with Gasteiger partial charge in [0.25, 0.3) is 10.0 Å². The highest BCUT2D eigenvalue weighted by Gasteiger charge is 2.23. The second kappa shape index (κ2) is 10.5. The average molecular weight is 502 g/mol. The lowest BCUT2D eigenvalue weighted by atomic mass is 10.0. The van der Waals surface area contributed by atoms with Gasteiger partial charge in [0.1, 0.15) is 5.82 Å². The SMILES string of the molecule is CC(C)c1ccc(S(=O)(=O)n2cc(CN3CCN(C)CC3)c3cc(F)ccc32)cc1.Cl.Cl. The van der Waals surface area contributed by atoms with Crippen molar-refractivity contribution in [3.05, 3.63) is 65.6 Å². The van der Waals surface area contributed by atoms with Gasteiger partial charge in [-0.15, -0.1) is 24.8 Å². The van der Waals surface area contributed by atoms with Gasteiger partial charge in [0, 0.05) is 44.3 Å². The zero-order valence-electron chi connectivity index (χ0n) is 18.5. The Labute approximate surface area is 202 Å². The molecule has 1 aliphatic heterocycles. The van der Waals surface area contributed by atoms with Crippen molar-refractivity contribution in [2.75, 3.05) is 33.2 Å². The minimum absolute atomic E-state index is 0. The van der Waals surface area contributed by atoms with E-state index < -0.39 is 10.0 Å². The van der Waals surface area contributed by atoms with E-state index in [1.165, 1.54) is 16.1 Å². The lowest BCUT2D eigenvalue weighted by Gasteiger charge is -2.32. The number of piperazine rings is 1. The minimum atomic E-state index is -3.78. The van der Waals surface area contributed by atoms with Crippen molar-refractivity contribution in [2.24, 2.45) is 0 Å². The topological polar surface area (TPSA) is 45.6 Å². The summed E-state index contributed by atoms with van der Waals surface area (Å²) in [6.07, 6.45) is 1.66. The monoisotopic (exact) mass is 501 g/mol. The molecular weight excluding hydrogens is 472 g/mol. The van der Waals surface area contributed by atoms with E-state index in [9.17, 15) is 12.8 Å². The van der Waals surface area contributed by atoms with E-state index >= 15 is 0 Å². The molecule has 0 unspecified atom stereocenters. The molecule has 176 valence electrons. The molecule has 9 heteroatoms. The molecule has 0 radical (unpaired) electrons. The second-order valence-corrected chi connectivity index (χ2v) is 10.2. The summed E-state index contributed by atoms with van der Waals surface area (Å²) < 4.78 is 42.1. The highest BCUT2D eigenvalue weighted by molar-refractivity contribution is 7.90. The molecule has 2 heterocycles. The third-order valence-corrected chi connectivity index (χ3v) is 7.60. The van der Waals surface area contributed by atoms with Crippen LogP contribution in [0.2, 0.25) is 0 Å². The Hall–Kier alpha value is -1.64. The van der Waals surface area contributed by atoms with Gasteiger partial charge in [-0.3, -0.25) is 4.90 Å². The Bertz CT molecular complexity index is 1160. The fraction of sp³-hybridized carbons (Fsp3) is 0.391. The van der Waals surface area contributed by atoms with Gasteiger partial charge in [-0.2, -0.15) is 0 Å². The van der Waals surface area contributed by atoms with Gasteiger partial charge >= 0.3 is 0 Å². The van der Waals surface area contributed by atoms with Crippen LogP contribution in [0.1, 0.15) is 30.9 Å². The van der Waals surface area contributed by atoms with Crippen LogP contribution in [0.3, 0.4) is 0 Å². The van der Waals surface area contributed by atoms with Crippen LogP contribution in [0.5, 0.6) is 0 Å². The molecule has 32 heavy (non-hydrogen) atoms. The lowest BCUT2D eigenvalue weighted by molar-refractivity contribution is 0.148. The molecule has 0 atom stereocenters. The third kappa shape index (κ3) is 5.29. The van der Waals surface area contributed by atoms with Crippen LogP contribution in [-0.2, 0) is 16.6 Å². The van der Waals surface area contributed by atoms with Gasteiger partial charge in [-0.25, -0.2) is 16.8 Å². The summed E-state index contributed by atoms with van der Waals surface area (Å²) in [6.45, 7) is 8.48. The first-order valence-corrected chi connectivity index (χ1v) is 11.8. The Kier molecular flexibility index (Phi) is 8.76. The number of halogens is 3. The Morgan fingerprint density at radius 2 is 1.59 bits per heavy atom. The third-order valence-electron chi connectivity index (χ3n) is 5.91. The summed E-state index contributed by atoms with van der Waals surface area (Å²) in [5, 5.41) is 0.649. The molecule has 0 aliphatic carbocycles. The van der Waals surface area contributed by atoms with E-state index in [0.29, 0.717) is 23.4 Å². The molecule has 0 saturated carbocycles. The number of likely N-dealkylation sites (N-methyl/N-ethyl adjacent to an activating group) is 1. The molecule has 1 fully saturated rings. The molecule has 5 nitrogen and oxygen atoms in total. The summed E-state index contributed by atoms with van der Waals surface area (Å²) in [6, 6.07) is 11.3. The van der Waals surface area contributed by atoms with Crippen molar-refractivity contribution in [3.63, 3.8) is 0 Å². The molecule has 1 aliphatic rings. The largest absolute Gasteiger partial charge is 0.304 e. The van der Waals surface area contributed by atoms with Crippen LogP contribution in [0.4, 0.5) is 4.39 Å². The van der Waals surface area contributed by atoms with E-state index in [2.05, 4.69) is 30.7 Å². The van der Waals surface area contributed by atoms with Crippen molar-refractivity contribution < 1.29 is 12.8 Å². The number of nitrogens with zero attached hydrogens (tertiary/aromatic N) is 3. The van der Waals surface area contributed by atoms with Crippen LogP contribution in [0, 0.1) is 5.82 Å². The predicted octanol–water partition coefficient (Wildman–Crippen LogP) is 4.73. The molecule has 4 rings (SSSR count). The molecule has 0 N–H and O–H groups in total. The van der Waals surface area contributed by atoms with Gasteiger partial charge < -0.3 is 4.90 Å². The molecule has 0 spiro atoms. The zero-order chi connectivity index (χ0) is 21.5. The van der Waals surface area contributed by atoms with Crippen LogP contribution in [-0.4, -0.2) is 55.4 Å². The molecule has 0 amide bonds. The Balaban J connectivity index is 0.00000181. The first-order valence-electron chi connectivity index (χ1n) is 10.3. The number of hydrogen-bond donors (Lipinski definition) is 0. The second-order valence-electron chi connectivity index (χ2n) is 8.42. The molecule has 1 aromatic heterocycles. The van der Waals surface area contributed by atoms with Crippen LogP contribution in [0.15, 0.2) is 53.6 Å². The lowest BCUT2D eigenvalue weighted by Crippen LogP contribution is -2.43. The quantitative estimate of drug-likeness (QED) is 0.506. The summed E-state index contributed by atoms with van der Waals surface area (Å²) in [4.78, 5) is 4.79. The van der Waals surface area contributed by atoms with Crippen LogP contribution in [0.25, 0.3) is 10.9 Å². The number of rotatable bonds is 5. The highest BCUT2D eigenvalue weighted by Crippen LogP contribution is 2.28. The van der Waals surface area contributed by atoms with E-state index in [1.54, 1.807) is 24.4 Å². The van der Waals surface area contributed by atoms with Gasteiger partial charge in [-0.1, -0.05) is 26.0 Å². The average Bonchev–Trinajstić information content (AvgIpc) is 3.08. The van der Waals surface area contributed by atoms with Gasteiger partial charge in [-0.05, 0) is 54.4 Å². The zero-order valence-corrected chi connectivity index (χ0v) is 20.9. The molecule has 0 bridgehead atoms. The maximum absolute atomic E-state index is 14.0. The van der Waals surface area contributed by atoms with E-state index in [0.717, 1.165) is 37.3 Å². The van der Waals surface area contributed by atoms with E-state index in [-0.39, 0.29) is 35.5 Å². The molecule has 1 saturated heterocycles. The number of aromatic nitrogens is 1. The normalized spacial score (nSPS) is 15.5. The van der Waals surface area contributed by atoms with E-state index in [1.807, 2.05) is 12.1 Å². The molecule has 2 aromatic carbocycles. The highest BCUT2D eigenvalue weighted by atomic mass is 35.5. The summed E-state index contributed by atoms with van der Waals surface area (Å²) in [5.74, 6) is -0.0362. The van der Waals surface area contributed by atoms with Gasteiger partial charge in [0.15, 0.2) is 0 Å². The van der Waals surface area contributed by atoms with Crippen molar-refractivity contribution in [1.82, 2.24) is 13.8 Å². The Morgan fingerprint density at radius 3 is 2.19 bits per heavy atom. The van der Waals surface area contributed by atoms with E-state index in [4.69, 9.17) is 0 Å². The first kappa shape index (κ1) is 26.6. The fourth-order valence-electron chi connectivity index (χ4n) is 3.95. The van der Waals surface area contributed by atoms with Gasteiger partial charge in [0.05, 0.1) is 10.4 Å². The van der Waals surface area contributed by atoms with Crippen molar-refractivity contribution >= 4 is 45.7 Å². The smallest absolute Gasteiger partial charge is 0.268 e. The van der Waals surface area contributed by atoms with Crippen molar-refractivity contribution in [3.8, 4) is 0 Å². The van der Waals surface area contributed by atoms with Crippen LogP contribution < -0.4 is 0 Å². The first-order chi connectivity index (χ1) is 14.3. The summed E-state index contributed by atoms with van der Waals surface area (Å²) in [5.41, 5.74) is 2.43. The maximum Gasteiger partial charge on any atom is 0.268 e. The van der Waals surface area contributed by atoms with Crippen molar-refractivity contribution in [2.45, 2.75) is 31.2 Å². The number of fused-ring (bicyclic) bond motifs is 1. The Morgan fingerprint density at radius 1 is 0.969 bits per heavy atom. The fourth-order valence-corrected chi connectivity index (χ4v) is 5.34. The molecular formula is C23H30Cl2FN3O2S. The standard InChI is InChI=1S/C23H28FN3O2S.2ClH/c1-17(2)18-4-7-21(8-5-18)30(28,29)27-16-19(15-26-12-10-25(3)11-13-26)22-14-20(24)6-9-23(22)27;;/h4-9,14,16-17H,10-13,15H2,1-3H3;2*1H.